The fraction of sp³-hybridized carbons (Fsp3) is 0.286. The number of benzene rings is 1. The Balaban J connectivity index is 2.01. The van der Waals surface area contributed by atoms with E-state index < -0.39 is 0 Å². The second-order valence-electron chi connectivity index (χ2n) is 4.32. The first-order valence-corrected chi connectivity index (χ1v) is 6.21. The molecule has 0 aliphatic heterocycles. The number of hydrogen-bond donors (Lipinski definition) is 2. The Morgan fingerprint density at radius 2 is 2.11 bits per heavy atom. The SMILES string of the molecule is Cc1ccc(C(C)NCc2cc(Cl)ccc2O)o1. The van der Waals surface area contributed by atoms with Crippen LogP contribution in [0.25, 0.3) is 0 Å². The van der Waals surface area contributed by atoms with Crippen molar-refractivity contribution < 1.29 is 9.52 Å². The number of phenolic OH excluding ortho intramolecular Hbond substituents is 1. The van der Waals surface area contributed by atoms with Crippen molar-refractivity contribution in [3.05, 3.63) is 52.4 Å². The van der Waals surface area contributed by atoms with Gasteiger partial charge in [0.15, 0.2) is 0 Å². The van der Waals surface area contributed by atoms with Crippen molar-refractivity contribution in [2.24, 2.45) is 0 Å². The van der Waals surface area contributed by atoms with E-state index >= 15 is 0 Å². The molecule has 18 heavy (non-hydrogen) atoms. The second kappa shape index (κ2) is 5.46. The molecule has 2 rings (SSSR count). The highest BCUT2D eigenvalue weighted by atomic mass is 35.5. The first-order valence-electron chi connectivity index (χ1n) is 5.83. The average Bonchev–Trinajstić information content (AvgIpc) is 2.77. The summed E-state index contributed by atoms with van der Waals surface area (Å²) in [6, 6.07) is 8.98. The largest absolute Gasteiger partial charge is 0.508 e. The Kier molecular flexibility index (Phi) is 3.94. The van der Waals surface area contributed by atoms with E-state index in [1.807, 2.05) is 26.0 Å². The van der Waals surface area contributed by atoms with E-state index in [0.717, 1.165) is 17.1 Å². The van der Waals surface area contributed by atoms with E-state index in [9.17, 15) is 5.11 Å². The highest BCUT2D eigenvalue weighted by Crippen LogP contribution is 2.22. The summed E-state index contributed by atoms with van der Waals surface area (Å²) in [7, 11) is 0. The standard InChI is InChI=1S/C14H16ClNO2/c1-9-3-6-14(18-9)10(2)16-8-11-7-12(15)4-5-13(11)17/h3-7,10,16-17H,8H2,1-2H3. The number of hydrogen-bond acceptors (Lipinski definition) is 3. The summed E-state index contributed by atoms with van der Waals surface area (Å²) in [5.74, 6) is 2.02. The maximum absolute atomic E-state index is 9.70. The molecule has 2 N–H and O–H groups in total. The van der Waals surface area contributed by atoms with E-state index in [4.69, 9.17) is 16.0 Å². The molecule has 1 heterocycles. The van der Waals surface area contributed by atoms with Crippen molar-refractivity contribution in [2.75, 3.05) is 0 Å². The molecule has 1 atom stereocenters. The molecule has 1 aromatic carbocycles. The summed E-state index contributed by atoms with van der Waals surface area (Å²) in [4.78, 5) is 0. The van der Waals surface area contributed by atoms with Gasteiger partial charge in [-0.05, 0) is 44.2 Å². The summed E-state index contributed by atoms with van der Waals surface area (Å²) < 4.78 is 5.54. The molecule has 0 fully saturated rings. The van der Waals surface area contributed by atoms with Crippen LogP contribution in [0.2, 0.25) is 5.02 Å². The van der Waals surface area contributed by atoms with Crippen LogP contribution >= 0.6 is 11.6 Å². The molecule has 0 aliphatic carbocycles. The third kappa shape index (κ3) is 3.06. The van der Waals surface area contributed by atoms with Crippen LogP contribution in [0, 0.1) is 6.92 Å². The van der Waals surface area contributed by atoms with Crippen molar-refractivity contribution in [1.29, 1.82) is 0 Å². The maximum atomic E-state index is 9.70. The van der Waals surface area contributed by atoms with E-state index in [-0.39, 0.29) is 11.8 Å². The number of aromatic hydroxyl groups is 1. The van der Waals surface area contributed by atoms with Crippen molar-refractivity contribution >= 4 is 11.6 Å². The third-order valence-electron chi connectivity index (χ3n) is 2.83. The van der Waals surface area contributed by atoms with Gasteiger partial charge < -0.3 is 14.8 Å². The molecule has 0 bridgehead atoms. The fourth-order valence-corrected chi connectivity index (χ4v) is 1.94. The Hall–Kier alpha value is -1.45. The van der Waals surface area contributed by atoms with Gasteiger partial charge in [0.25, 0.3) is 0 Å². The van der Waals surface area contributed by atoms with Crippen molar-refractivity contribution in [3.8, 4) is 5.75 Å². The topological polar surface area (TPSA) is 45.4 Å². The Bertz CT molecular complexity index is 536. The van der Waals surface area contributed by atoms with Crippen molar-refractivity contribution in [3.63, 3.8) is 0 Å². The van der Waals surface area contributed by atoms with Crippen LogP contribution in [0.4, 0.5) is 0 Å². The van der Waals surface area contributed by atoms with Gasteiger partial charge in [-0.1, -0.05) is 11.6 Å². The van der Waals surface area contributed by atoms with Crippen LogP contribution in [0.3, 0.4) is 0 Å². The number of furan rings is 1. The zero-order valence-corrected chi connectivity index (χ0v) is 11.2. The molecular weight excluding hydrogens is 250 g/mol. The molecule has 1 aromatic heterocycles. The van der Waals surface area contributed by atoms with Crippen LogP contribution in [0.1, 0.15) is 30.0 Å². The van der Waals surface area contributed by atoms with Gasteiger partial charge in [-0.3, -0.25) is 0 Å². The Labute approximate surface area is 111 Å². The van der Waals surface area contributed by atoms with Gasteiger partial charge in [-0.15, -0.1) is 0 Å². The molecule has 3 nitrogen and oxygen atoms in total. The minimum Gasteiger partial charge on any atom is -0.508 e. The van der Waals surface area contributed by atoms with Gasteiger partial charge in [0.2, 0.25) is 0 Å². The van der Waals surface area contributed by atoms with Gasteiger partial charge in [-0.2, -0.15) is 0 Å². The van der Waals surface area contributed by atoms with Crippen molar-refractivity contribution in [1.82, 2.24) is 5.32 Å². The maximum Gasteiger partial charge on any atom is 0.120 e. The number of halogens is 1. The van der Waals surface area contributed by atoms with E-state index in [0.29, 0.717) is 11.6 Å². The third-order valence-corrected chi connectivity index (χ3v) is 3.06. The van der Waals surface area contributed by atoms with E-state index in [1.165, 1.54) is 0 Å². The lowest BCUT2D eigenvalue weighted by Gasteiger charge is -2.12. The van der Waals surface area contributed by atoms with Gasteiger partial charge in [0.1, 0.15) is 17.3 Å². The molecule has 0 saturated carbocycles. The second-order valence-corrected chi connectivity index (χ2v) is 4.76. The molecule has 0 spiro atoms. The molecule has 2 aromatic rings. The minimum absolute atomic E-state index is 0.0806. The molecule has 1 unspecified atom stereocenters. The summed E-state index contributed by atoms with van der Waals surface area (Å²) in [5.41, 5.74) is 0.776. The lowest BCUT2D eigenvalue weighted by Crippen LogP contribution is -2.17. The zero-order valence-electron chi connectivity index (χ0n) is 10.4. The van der Waals surface area contributed by atoms with Crippen molar-refractivity contribution in [2.45, 2.75) is 26.4 Å². The molecule has 0 aliphatic rings. The average molecular weight is 266 g/mol. The summed E-state index contributed by atoms with van der Waals surface area (Å²) in [6.45, 7) is 4.46. The number of rotatable bonds is 4. The van der Waals surface area contributed by atoms with Crippen LogP contribution in [-0.4, -0.2) is 5.11 Å². The number of nitrogens with one attached hydrogen (secondary N) is 1. The molecule has 0 radical (unpaired) electrons. The van der Waals surface area contributed by atoms with Gasteiger partial charge in [0, 0.05) is 17.1 Å². The van der Waals surface area contributed by atoms with Gasteiger partial charge in [-0.25, -0.2) is 0 Å². The Morgan fingerprint density at radius 1 is 1.33 bits per heavy atom. The number of phenols is 1. The van der Waals surface area contributed by atoms with E-state index in [2.05, 4.69) is 5.32 Å². The lowest BCUT2D eigenvalue weighted by atomic mass is 10.2. The summed E-state index contributed by atoms with van der Waals surface area (Å²) in [5, 5.41) is 13.6. The fourth-order valence-electron chi connectivity index (χ4n) is 1.75. The molecule has 0 saturated heterocycles. The van der Waals surface area contributed by atoms with Crippen LogP contribution < -0.4 is 5.32 Å². The molecule has 96 valence electrons. The van der Waals surface area contributed by atoms with Gasteiger partial charge in [0.05, 0.1) is 6.04 Å². The normalized spacial score (nSPS) is 12.6. The quantitative estimate of drug-likeness (QED) is 0.884. The molecule has 4 heteroatoms. The first-order chi connectivity index (χ1) is 8.56. The summed E-state index contributed by atoms with van der Waals surface area (Å²) >= 11 is 5.90. The van der Waals surface area contributed by atoms with Crippen LogP contribution in [0.5, 0.6) is 5.75 Å². The minimum atomic E-state index is 0.0806. The number of aryl methyl sites for hydroxylation is 1. The smallest absolute Gasteiger partial charge is 0.120 e. The monoisotopic (exact) mass is 265 g/mol. The van der Waals surface area contributed by atoms with Gasteiger partial charge >= 0.3 is 0 Å². The molecular formula is C14H16ClNO2. The lowest BCUT2D eigenvalue weighted by molar-refractivity contribution is 0.410. The van der Waals surface area contributed by atoms with E-state index in [1.54, 1.807) is 18.2 Å². The highest BCUT2D eigenvalue weighted by Gasteiger charge is 2.10. The van der Waals surface area contributed by atoms with Crippen LogP contribution in [0.15, 0.2) is 34.7 Å². The highest BCUT2D eigenvalue weighted by molar-refractivity contribution is 6.30. The predicted octanol–water partition coefficient (Wildman–Crippen LogP) is 3.80. The first kappa shape index (κ1) is 13.0. The zero-order chi connectivity index (χ0) is 13.1. The predicted molar refractivity (Wildman–Crippen MR) is 71.8 cm³/mol. The van der Waals surface area contributed by atoms with Crippen LogP contribution in [-0.2, 0) is 6.54 Å². The molecule has 0 amide bonds. The Morgan fingerprint density at radius 3 is 2.78 bits per heavy atom. The summed E-state index contributed by atoms with van der Waals surface area (Å²) in [6.07, 6.45) is 0.